The third-order valence-corrected chi connectivity index (χ3v) is 3.68. The maximum atomic E-state index is 11.3. The summed E-state index contributed by atoms with van der Waals surface area (Å²) in [5.41, 5.74) is 1.06. The highest BCUT2D eigenvalue weighted by molar-refractivity contribution is 6.31. The molecule has 0 saturated carbocycles. The zero-order chi connectivity index (χ0) is 13.8. The van der Waals surface area contributed by atoms with Crippen molar-refractivity contribution in [3.8, 4) is 0 Å². The summed E-state index contributed by atoms with van der Waals surface area (Å²) in [6, 6.07) is 4.96. The Morgan fingerprint density at radius 2 is 2.00 bits per heavy atom. The van der Waals surface area contributed by atoms with Crippen LogP contribution in [0.4, 0.5) is 5.69 Å². The summed E-state index contributed by atoms with van der Waals surface area (Å²) >= 11 is 5.99. The van der Waals surface area contributed by atoms with Crippen LogP contribution in [0.15, 0.2) is 18.2 Å². The lowest BCUT2D eigenvalue weighted by atomic mass is 10.1. The second-order valence-electron chi connectivity index (χ2n) is 4.80. The van der Waals surface area contributed by atoms with Crippen molar-refractivity contribution in [3.63, 3.8) is 0 Å². The number of benzene rings is 1. The Labute approximate surface area is 118 Å². The molecule has 1 aromatic carbocycles. The third kappa shape index (κ3) is 3.39. The molecule has 1 aliphatic heterocycles. The minimum atomic E-state index is -0.900. The van der Waals surface area contributed by atoms with E-state index in [9.17, 15) is 9.90 Å². The summed E-state index contributed by atoms with van der Waals surface area (Å²) in [4.78, 5) is 15.8. The van der Waals surface area contributed by atoms with E-state index in [1.165, 1.54) is 0 Å². The van der Waals surface area contributed by atoms with Crippen molar-refractivity contribution in [3.05, 3.63) is 28.8 Å². The molecule has 0 spiro atoms. The third-order valence-electron chi connectivity index (χ3n) is 3.44. The van der Waals surface area contributed by atoms with Gasteiger partial charge in [0.15, 0.2) is 0 Å². The zero-order valence-electron chi connectivity index (χ0n) is 11.1. The number of piperazine rings is 1. The molecule has 19 heavy (non-hydrogen) atoms. The van der Waals surface area contributed by atoms with Gasteiger partial charge in [0, 0.05) is 31.2 Å². The van der Waals surface area contributed by atoms with Crippen molar-refractivity contribution in [1.29, 1.82) is 0 Å². The summed E-state index contributed by atoms with van der Waals surface area (Å²) in [5, 5.41) is 9.82. The summed E-state index contributed by atoms with van der Waals surface area (Å²) in [6.45, 7) is 6.92. The van der Waals surface area contributed by atoms with Crippen molar-refractivity contribution < 1.29 is 9.90 Å². The van der Waals surface area contributed by atoms with Crippen LogP contribution in [0.1, 0.15) is 23.7 Å². The van der Waals surface area contributed by atoms with Crippen molar-refractivity contribution in [2.45, 2.75) is 13.3 Å². The van der Waals surface area contributed by atoms with Crippen LogP contribution in [0.2, 0.25) is 5.02 Å². The summed E-state index contributed by atoms with van der Waals surface area (Å²) in [6.07, 6.45) is 1.15. The van der Waals surface area contributed by atoms with Crippen LogP contribution < -0.4 is 4.90 Å². The molecule has 2 rings (SSSR count). The fraction of sp³-hybridized carbons (Fsp3) is 0.500. The van der Waals surface area contributed by atoms with Crippen molar-refractivity contribution in [1.82, 2.24) is 4.90 Å². The normalized spacial score (nSPS) is 16.6. The van der Waals surface area contributed by atoms with Gasteiger partial charge in [0.05, 0.1) is 11.3 Å². The van der Waals surface area contributed by atoms with E-state index in [2.05, 4.69) is 16.7 Å². The molecule has 0 aromatic heterocycles. The molecule has 1 aromatic rings. The number of carboxylic acid groups (broad SMARTS) is 1. The molecule has 1 N–H and O–H groups in total. The van der Waals surface area contributed by atoms with Gasteiger partial charge >= 0.3 is 5.97 Å². The number of hydrogen-bond acceptors (Lipinski definition) is 3. The van der Waals surface area contributed by atoms with E-state index in [0.717, 1.165) is 44.8 Å². The lowest BCUT2D eigenvalue weighted by Gasteiger charge is -2.36. The largest absolute Gasteiger partial charge is 0.478 e. The molecule has 0 radical (unpaired) electrons. The van der Waals surface area contributed by atoms with E-state index >= 15 is 0 Å². The smallest absolute Gasteiger partial charge is 0.337 e. The Morgan fingerprint density at radius 1 is 1.32 bits per heavy atom. The topological polar surface area (TPSA) is 43.8 Å². The highest BCUT2D eigenvalue weighted by atomic mass is 35.5. The molecule has 0 amide bonds. The number of rotatable bonds is 4. The maximum absolute atomic E-state index is 11.3. The van der Waals surface area contributed by atoms with Gasteiger partial charge in [0.1, 0.15) is 0 Å². The predicted molar refractivity (Wildman–Crippen MR) is 77.4 cm³/mol. The Morgan fingerprint density at radius 3 is 2.58 bits per heavy atom. The van der Waals surface area contributed by atoms with Crippen LogP contribution in [0.3, 0.4) is 0 Å². The minimum absolute atomic E-state index is 0.327. The predicted octanol–water partition coefficient (Wildman–Crippen LogP) is 2.57. The van der Waals surface area contributed by atoms with Gasteiger partial charge in [-0.2, -0.15) is 0 Å². The molecule has 104 valence electrons. The first-order valence-electron chi connectivity index (χ1n) is 6.62. The van der Waals surface area contributed by atoms with Crippen LogP contribution in [0.25, 0.3) is 0 Å². The molecule has 1 aliphatic rings. The number of halogens is 1. The number of aromatic carboxylic acids is 1. The number of carbonyl (C=O) groups is 1. The zero-order valence-corrected chi connectivity index (χ0v) is 11.9. The molecule has 0 aliphatic carbocycles. The quantitative estimate of drug-likeness (QED) is 0.922. The van der Waals surface area contributed by atoms with Crippen LogP contribution in [-0.2, 0) is 0 Å². The average Bonchev–Trinajstić information content (AvgIpc) is 2.39. The monoisotopic (exact) mass is 282 g/mol. The summed E-state index contributed by atoms with van der Waals surface area (Å²) < 4.78 is 0. The molecule has 1 heterocycles. The fourth-order valence-electron chi connectivity index (χ4n) is 2.48. The number of nitrogens with zero attached hydrogens (tertiary/aromatic N) is 2. The van der Waals surface area contributed by atoms with E-state index in [1.807, 2.05) is 0 Å². The molecule has 0 unspecified atom stereocenters. The molecular formula is C14H19ClN2O2. The van der Waals surface area contributed by atoms with E-state index in [4.69, 9.17) is 11.6 Å². The average molecular weight is 283 g/mol. The maximum Gasteiger partial charge on any atom is 0.337 e. The number of anilines is 1. The molecule has 5 heteroatoms. The van der Waals surface area contributed by atoms with E-state index in [-0.39, 0.29) is 0 Å². The van der Waals surface area contributed by atoms with Gasteiger partial charge in [0.25, 0.3) is 0 Å². The van der Waals surface area contributed by atoms with Crippen molar-refractivity contribution >= 4 is 23.3 Å². The highest BCUT2D eigenvalue weighted by Crippen LogP contribution is 2.26. The first kappa shape index (κ1) is 14.2. The van der Waals surface area contributed by atoms with Gasteiger partial charge in [-0.1, -0.05) is 18.5 Å². The van der Waals surface area contributed by atoms with Crippen LogP contribution in [0, 0.1) is 0 Å². The van der Waals surface area contributed by atoms with Crippen LogP contribution in [-0.4, -0.2) is 48.7 Å². The first-order valence-corrected chi connectivity index (χ1v) is 6.99. The summed E-state index contributed by atoms with van der Waals surface area (Å²) in [7, 11) is 0. The SMILES string of the molecule is CCCN1CCN(c2cc(Cl)ccc2C(=O)O)CC1. The Bertz CT molecular complexity index is 457. The molecule has 4 nitrogen and oxygen atoms in total. The lowest BCUT2D eigenvalue weighted by Crippen LogP contribution is -2.47. The van der Waals surface area contributed by atoms with E-state index < -0.39 is 5.97 Å². The van der Waals surface area contributed by atoms with Gasteiger partial charge in [-0.05, 0) is 31.2 Å². The second kappa shape index (κ2) is 6.26. The van der Waals surface area contributed by atoms with E-state index in [1.54, 1.807) is 18.2 Å². The van der Waals surface area contributed by atoms with Crippen LogP contribution in [0.5, 0.6) is 0 Å². The fourth-order valence-corrected chi connectivity index (χ4v) is 2.64. The van der Waals surface area contributed by atoms with Gasteiger partial charge < -0.3 is 10.0 Å². The molecule has 1 saturated heterocycles. The Hall–Kier alpha value is -1.26. The van der Waals surface area contributed by atoms with Crippen molar-refractivity contribution in [2.24, 2.45) is 0 Å². The molecule has 0 bridgehead atoms. The van der Waals surface area contributed by atoms with Gasteiger partial charge in [-0.15, -0.1) is 0 Å². The van der Waals surface area contributed by atoms with Crippen molar-refractivity contribution in [2.75, 3.05) is 37.6 Å². The molecule has 1 fully saturated rings. The Kier molecular flexibility index (Phi) is 4.66. The Balaban J connectivity index is 2.14. The standard InChI is InChI=1S/C14H19ClN2O2/c1-2-5-16-6-8-17(9-7-16)13-10-11(15)3-4-12(13)14(18)19/h3-4,10H,2,5-9H2,1H3,(H,18,19). The number of hydrogen-bond donors (Lipinski definition) is 1. The van der Waals surface area contributed by atoms with E-state index in [0.29, 0.717) is 10.6 Å². The first-order chi connectivity index (χ1) is 9.11. The minimum Gasteiger partial charge on any atom is -0.478 e. The lowest BCUT2D eigenvalue weighted by molar-refractivity contribution is 0.0697. The van der Waals surface area contributed by atoms with Gasteiger partial charge in [-0.3, -0.25) is 4.90 Å². The highest BCUT2D eigenvalue weighted by Gasteiger charge is 2.21. The van der Waals surface area contributed by atoms with Gasteiger partial charge in [0.2, 0.25) is 0 Å². The van der Waals surface area contributed by atoms with Crippen LogP contribution >= 0.6 is 11.6 Å². The molecule has 0 atom stereocenters. The van der Waals surface area contributed by atoms with Gasteiger partial charge in [-0.25, -0.2) is 4.79 Å². The summed E-state index contributed by atoms with van der Waals surface area (Å²) in [5.74, 6) is -0.900. The molecular weight excluding hydrogens is 264 g/mol. The number of carboxylic acids is 1. The second-order valence-corrected chi connectivity index (χ2v) is 5.23.